The molecular formula is C16H21NO5. The maximum Gasteiger partial charge on any atom is 0.325 e. The summed E-state index contributed by atoms with van der Waals surface area (Å²) in [6.45, 7) is 5.19. The molecule has 1 aromatic heterocycles. The molecule has 0 aromatic carbocycles. The van der Waals surface area contributed by atoms with E-state index < -0.39 is 5.97 Å². The highest BCUT2D eigenvalue weighted by molar-refractivity contribution is 6.03. The van der Waals surface area contributed by atoms with Crippen molar-refractivity contribution in [3.8, 4) is 0 Å². The normalized spacial score (nSPS) is 14.0. The van der Waals surface area contributed by atoms with E-state index in [1.165, 1.54) is 12.0 Å². The summed E-state index contributed by atoms with van der Waals surface area (Å²) in [5.41, 5.74) is 1.11. The van der Waals surface area contributed by atoms with Crippen molar-refractivity contribution in [1.82, 2.24) is 4.90 Å². The fraction of sp³-hybridized carbons (Fsp3) is 0.562. The highest BCUT2D eigenvalue weighted by Crippen LogP contribution is 2.30. The number of carbonyl (C=O) groups is 3. The number of ether oxygens (including phenoxy) is 1. The second kappa shape index (κ2) is 6.34. The zero-order valence-electron chi connectivity index (χ0n) is 13.4. The van der Waals surface area contributed by atoms with Crippen molar-refractivity contribution >= 4 is 17.7 Å². The highest BCUT2D eigenvalue weighted by atomic mass is 16.5. The second-order valence-corrected chi connectivity index (χ2v) is 5.73. The fourth-order valence-corrected chi connectivity index (χ4v) is 2.68. The van der Waals surface area contributed by atoms with Gasteiger partial charge in [0.1, 0.15) is 12.3 Å². The van der Waals surface area contributed by atoms with Gasteiger partial charge in [0.15, 0.2) is 11.5 Å². The van der Waals surface area contributed by atoms with Crippen LogP contribution in [0.25, 0.3) is 0 Å². The predicted molar refractivity (Wildman–Crippen MR) is 78.9 cm³/mol. The molecule has 0 saturated heterocycles. The number of fused-ring (bicyclic) bond motifs is 1. The number of Topliss-reactive ketones (excluding diaryl/α,β-unsaturated/α-hetero) is 1. The van der Waals surface area contributed by atoms with Crippen LogP contribution in [0.5, 0.6) is 0 Å². The number of ketones is 1. The minimum absolute atomic E-state index is 0.0191. The maximum absolute atomic E-state index is 12.7. The molecule has 0 unspecified atom stereocenters. The van der Waals surface area contributed by atoms with Gasteiger partial charge < -0.3 is 14.1 Å². The van der Waals surface area contributed by atoms with Crippen molar-refractivity contribution in [2.45, 2.75) is 46.1 Å². The van der Waals surface area contributed by atoms with E-state index in [4.69, 9.17) is 4.42 Å². The molecule has 2 rings (SSSR count). The van der Waals surface area contributed by atoms with Crippen LogP contribution in [0.4, 0.5) is 0 Å². The third-order valence-electron chi connectivity index (χ3n) is 3.91. The monoisotopic (exact) mass is 307 g/mol. The molecule has 0 radical (unpaired) electrons. The number of methoxy groups -OCH3 is 1. The minimum atomic E-state index is -0.493. The van der Waals surface area contributed by atoms with Crippen molar-refractivity contribution in [2.75, 3.05) is 13.7 Å². The molecule has 0 atom stereocenters. The molecule has 120 valence electrons. The summed E-state index contributed by atoms with van der Waals surface area (Å²) in [5, 5.41) is 0. The van der Waals surface area contributed by atoms with Gasteiger partial charge in [-0.05, 0) is 27.2 Å². The first kappa shape index (κ1) is 16.3. The smallest absolute Gasteiger partial charge is 0.325 e. The van der Waals surface area contributed by atoms with Crippen molar-refractivity contribution < 1.29 is 23.5 Å². The first-order valence-corrected chi connectivity index (χ1v) is 7.40. The summed E-state index contributed by atoms with van der Waals surface area (Å²) in [6, 6.07) is -0.191. The lowest BCUT2D eigenvalue weighted by atomic mass is 9.94. The van der Waals surface area contributed by atoms with Crippen LogP contribution >= 0.6 is 0 Å². The summed E-state index contributed by atoms with van der Waals surface area (Å²) < 4.78 is 10.3. The number of amides is 1. The first-order chi connectivity index (χ1) is 10.4. The van der Waals surface area contributed by atoms with Crippen LogP contribution in [0.3, 0.4) is 0 Å². The molecule has 6 nitrogen and oxygen atoms in total. The average Bonchev–Trinajstić information content (AvgIpc) is 2.82. The van der Waals surface area contributed by atoms with E-state index in [0.717, 1.165) is 6.42 Å². The third kappa shape index (κ3) is 2.91. The van der Waals surface area contributed by atoms with Crippen molar-refractivity contribution in [3.63, 3.8) is 0 Å². The highest BCUT2D eigenvalue weighted by Gasteiger charge is 2.32. The molecule has 1 aliphatic carbocycles. The van der Waals surface area contributed by atoms with Crippen LogP contribution in [-0.4, -0.2) is 42.3 Å². The Morgan fingerprint density at radius 3 is 2.55 bits per heavy atom. The zero-order valence-corrected chi connectivity index (χ0v) is 13.4. The predicted octanol–water partition coefficient (Wildman–Crippen LogP) is 2.13. The molecule has 0 spiro atoms. The van der Waals surface area contributed by atoms with Gasteiger partial charge in [0.05, 0.1) is 12.7 Å². The summed E-state index contributed by atoms with van der Waals surface area (Å²) in [6.07, 6.45) is 1.88. The molecule has 0 aliphatic heterocycles. The molecule has 0 fully saturated rings. The van der Waals surface area contributed by atoms with E-state index in [-0.39, 0.29) is 30.0 Å². The van der Waals surface area contributed by atoms with Crippen LogP contribution in [0.1, 0.15) is 58.9 Å². The number of hydrogen-bond donors (Lipinski definition) is 0. The molecule has 1 amide bonds. The van der Waals surface area contributed by atoms with Gasteiger partial charge in [-0.3, -0.25) is 14.4 Å². The number of esters is 1. The summed E-state index contributed by atoms with van der Waals surface area (Å²) in [4.78, 5) is 37.6. The molecule has 1 heterocycles. The number of aryl methyl sites for hydroxylation is 1. The van der Waals surface area contributed by atoms with E-state index >= 15 is 0 Å². The molecule has 0 N–H and O–H groups in total. The van der Waals surface area contributed by atoms with E-state index in [2.05, 4.69) is 4.74 Å². The molecule has 6 heteroatoms. The number of nitrogens with zero attached hydrogens (tertiary/aromatic N) is 1. The minimum Gasteiger partial charge on any atom is -0.468 e. The van der Waals surface area contributed by atoms with Gasteiger partial charge in [-0.15, -0.1) is 0 Å². The number of hydrogen-bond acceptors (Lipinski definition) is 5. The van der Waals surface area contributed by atoms with Crippen LogP contribution in [0, 0.1) is 6.92 Å². The van der Waals surface area contributed by atoms with Gasteiger partial charge in [-0.2, -0.15) is 0 Å². The van der Waals surface area contributed by atoms with E-state index in [1.54, 1.807) is 6.92 Å². The first-order valence-electron chi connectivity index (χ1n) is 7.40. The molecule has 0 bridgehead atoms. The largest absolute Gasteiger partial charge is 0.468 e. The lowest BCUT2D eigenvalue weighted by Crippen LogP contribution is -2.41. The molecule has 0 saturated carbocycles. The van der Waals surface area contributed by atoms with Crippen LogP contribution in [0.15, 0.2) is 4.42 Å². The topological polar surface area (TPSA) is 76.8 Å². The molecular weight excluding hydrogens is 286 g/mol. The Balaban J connectivity index is 2.35. The van der Waals surface area contributed by atoms with Crippen molar-refractivity contribution in [3.05, 3.63) is 22.6 Å². The van der Waals surface area contributed by atoms with Gasteiger partial charge in [-0.1, -0.05) is 0 Å². The average molecular weight is 307 g/mol. The van der Waals surface area contributed by atoms with Gasteiger partial charge in [-0.25, -0.2) is 0 Å². The van der Waals surface area contributed by atoms with E-state index in [1.807, 2.05) is 13.8 Å². The third-order valence-corrected chi connectivity index (χ3v) is 3.91. The number of furan rings is 1. The van der Waals surface area contributed by atoms with Crippen LogP contribution in [0.2, 0.25) is 0 Å². The van der Waals surface area contributed by atoms with Crippen molar-refractivity contribution in [1.29, 1.82) is 0 Å². The quantitative estimate of drug-likeness (QED) is 0.796. The van der Waals surface area contributed by atoms with Gasteiger partial charge in [0.2, 0.25) is 0 Å². The zero-order chi connectivity index (χ0) is 16.4. The Morgan fingerprint density at radius 1 is 1.32 bits per heavy atom. The molecule has 1 aromatic rings. The van der Waals surface area contributed by atoms with Crippen LogP contribution in [-0.2, 0) is 16.0 Å². The van der Waals surface area contributed by atoms with E-state index in [9.17, 15) is 14.4 Å². The summed E-state index contributed by atoms with van der Waals surface area (Å²) in [7, 11) is 1.28. The van der Waals surface area contributed by atoms with Crippen molar-refractivity contribution in [2.24, 2.45) is 0 Å². The Labute approximate surface area is 129 Å². The lowest BCUT2D eigenvalue weighted by Gasteiger charge is -2.24. The summed E-state index contributed by atoms with van der Waals surface area (Å²) >= 11 is 0. The number of rotatable bonds is 4. The number of carbonyl (C=O) groups excluding carboxylic acids is 3. The molecule has 22 heavy (non-hydrogen) atoms. The van der Waals surface area contributed by atoms with Gasteiger partial charge in [0, 0.05) is 24.4 Å². The fourth-order valence-electron chi connectivity index (χ4n) is 2.68. The Hall–Kier alpha value is -2.11. The van der Waals surface area contributed by atoms with Gasteiger partial charge in [0.25, 0.3) is 5.91 Å². The molecule has 1 aliphatic rings. The Kier molecular flexibility index (Phi) is 4.68. The second-order valence-electron chi connectivity index (χ2n) is 5.73. The maximum atomic E-state index is 12.7. The Bertz CT molecular complexity index is 614. The lowest BCUT2D eigenvalue weighted by molar-refractivity contribution is -0.141. The SMILES string of the molecule is COC(=O)CN(C(=O)c1oc2c(c1C)C(=O)CCC2)C(C)C. The van der Waals surface area contributed by atoms with Crippen LogP contribution < -0.4 is 0 Å². The standard InChI is InChI=1S/C16H21NO5/c1-9(2)17(8-13(19)21-4)16(20)15-10(3)14-11(18)6-5-7-12(14)22-15/h9H,5-8H2,1-4H3. The van der Waals surface area contributed by atoms with E-state index in [0.29, 0.717) is 29.7 Å². The summed E-state index contributed by atoms with van der Waals surface area (Å²) in [5.74, 6) is -0.130. The Morgan fingerprint density at radius 2 is 2.00 bits per heavy atom. The van der Waals surface area contributed by atoms with Gasteiger partial charge >= 0.3 is 5.97 Å².